The molecule has 3 N–H and O–H groups in total. The third-order valence-corrected chi connectivity index (χ3v) is 4.97. The van der Waals surface area contributed by atoms with E-state index in [0.29, 0.717) is 5.02 Å². The van der Waals surface area contributed by atoms with Gasteiger partial charge in [-0.05, 0) is 34.7 Å². The predicted octanol–water partition coefficient (Wildman–Crippen LogP) is 1.66. The molecular formula is C13H10ClIN4S. The Morgan fingerprint density at radius 1 is 1.35 bits per heavy atom. The molecule has 2 aromatic rings. The quantitative estimate of drug-likeness (QED) is 0.444. The van der Waals surface area contributed by atoms with Crippen LogP contribution < -0.4 is 21.2 Å². The number of nitrogens with two attached hydrogens (primary N) is 1. The van der Waals surface area contributed by atoms with Gasteiger partial charge in [-0.2, -0.15) is 0 Å². The summed E-state index contributed by atoms with van der Waals surface area (Å²) >= 11 is 10.2. The van der Waals surface area contributed by atoms with Crippen LogP contribution in [-0.4, -0.2) is 12.4 Å². The van der Waals surface area contributed by atoms with E-state index in [9.17, 15) is 0 Å². The van der Waals surface area contributed by atoms with Gasteiger partial charge in [0.05, 0.1) is 8.58 Å². The molecule has 20 heavy (non-hydrogen) atoms. The number of hydrogen-bond donors (Lipinski definition) is 2. The molecular weight excluding hydrogens is 407 g/mol. The molecule has 1 aliphatic rings. The first-order chi connectivity index (χ1) is 9.69. The van der Waals surface area contributed by atoms with Crippen molar-refractivity contribution in [3.63, 3.8) is 0 Å². The summed E-state index contributed by atoms with van der Waals surface area (Å²) in [6.45, 7) is 0. The van der Waals surface area contributed by atoms with Gasteiger partial charge in [-0.25, -0.2) is 10.4 Å². The zero-order valence-electron chi connectivity index (χ0n) is 10.2. The third kappa shape index (κ3) is 2.66. The van der Waals surface area contributed by atoms with E-state index in [0.717, 1.165) is 24.0 Å². The monoisotopic (exact) mass is 416 g/mol. The molecule has 0 amide bonds. The fourth-order valence-corrected chi connectivity index (χ4v) is 3.90. The van der Waals surface area contributed by atoms with Crippen molar-refractivity contribution in [3.8, 4) is 0 Å². The lowest BCUT2D eigenvalue weighted by molar-refractivity contribution is 0.674. The van der Waals surface area contributed by atoms with Crippen LogP contribution in [0.2, 0.25) is 5.02 Å². The van der Waals surface area contributed by atoms with Crippen LogP contribution in [0.5, 0.6) is 0 Å². The van der Waals surface area contributed by atoms with Crippen LogP contribution in [0.25, 0.3) is 5.70 Å². The minimum atomic E-state index is -0.330. The summed E-state index contributed by atoms with van der Waals surface area (Å²) in [5, 5.41) is 1.66. The van der Waals surface area contributed by atoms with Gasteiger partial charge in [0.15, 0.2) is 0 Å². The SMILES string of the molecule is NNC1C=NC(c2ccccc2Cl)=c2cc(I)sc2=N1. The number of fused-ring (bicyclic) bond motifs is 1. The van der Waals surface area contributed by atoms with Crippen LogP contribution in [0.15, 0.2) is 40.3 Å². The number of hydrazine groups is 1. The van der Waals surface area contributed by atoms with Crippen molar-refractivity contribution >= 4 is 57.4 Å². The van der Waals surface area contributed by atoms with Gasteiger partial charge in [-0.15, -0.1) is 11.3 Å². The molecule has 1 aromatic heterocycles. The van der Waals surface area contributed by atoms with Crippen LogP contribution in [0.4, 0.5) is 0 Å². The molecule has 3 rings (SSSR count). The summed E-state index contributed by atoms with van der Waals surface area (Å²) in [5.74, 6) is 5.48. The fourth-order valence-electron chi connectivity index (χ4n) is 1.94. The lowest BCUT2D eigenvalue weighted by Crippen LogP contribution is -2.36. The van der Waals surface area contributed by atoms with Crippen molar-refractivity contribution in [2.24, 2.45) is 15.8 Å². The highest BCUT2D eigenvalue weighted by Crippen LogP contribution is 2.23. The maximum absolute atomic E-state index is 6.29. The van der Waals surface area contributed by atoms with E-state index in [1.54, 1.807) is 17.6 Å². The highest BCUT2D eigenvalue weighted by molar-refractivity contribution is 14.1. The first-order valence-electron chi connectivity index (χ1n) is 5.82. The van der Waals surface area contributed by atoms with E-state index in [-0.39, 0.29) is 6.17 Å². The van der Waals surface area contributed by atoms with Crippen molar-refractivity contribution in [3.05, 3.63) is 53.7 Å². The zero-order valence-corrected chi connectivity index (χ0v) is 13.9. The molecule has 1 aromatic carbocycles. The van der Waals surface area contributed by atoms with Crippen molar-refractivity contribution < 1.29 is 0 Å². The predicted molar refractivity (Wildman–Crippen MR) is 91.4 cm³/mol. The molecule has 1 unspecified atom stereocenters. The summed E-state index contributed by atoms with van der Waals surface area (Å²) in [5.41, 5.74) is 4.34. The van der Waals surface area contributed by atoms with E-state index in [1.165, 1.54) is 0 Å². The molecule has 102 valence electrons. The van der Waals surface area contributed by atoms with Crippen LogP contribution in [0, 0.1) is 2.88 Å². The Bertz CT molecular complexity index is 799. The Labute approximate surface area is 138 Å². The fraction of sp³-hybridized carbons (Fsp3) is 0.0769. The number of nitrogens with one attached hydrogen (secondary N) is 1. The molecule has 0 spiro atoms. The highest BCUT2D eigenvalue weighted by Gasteiger charge is 2.13. The minimum Gasteiger partial charge on any atom is -0.269 e. The first-order valence-corrected chi connectivity index (χ1v) is 8.09. The molecule has 2 heterocycles. The van der Waals surface area contributed by atoms with Gasteiger partial charge >= 0.3 is 0 Å². The summed E-state index contributed by atoms with van der Waals surface area (Å²) < 4.78 is 2.05. The maximum Gasteiger partial charge on any atom is 0.149 e. The molecule has 0 saturated carbocycles. The van der Waals surface area contributed by atoms with Gasteiger partial charge in [-0.3, -0.25) is 10.8 Å². The van der Waals surface area contributed by atoms with Crippen molar-refractivity contribution in [2.75, 3.05) is 0 Å². The van der Waals surface area contributed by atoms with Gasteiger partial charge in [-0.1, -0.05) is 29.8 Å². The third-order valence-electron chi connectivity index (χ3n) is 2.84. The number of benzene rings is 1. The Kier molecular flexibility index (Phi) is 4.18. The molecule has 1 atom stereocenters. The smallest absolute Gasteiger partial charge is 0.149 e. The number of hydrogen-bond acceptors (Lipinski definition) is 5. The molecule has 7 heteroatoms. The second-order valence-corrected chi connectivity index (χ2v) is 7.45. The summed E-state index contributed by atoms with van der Waals surface area (Å²) in [4.78, 5) is 9.08. The van der Waals surface area contributed by atoms with E-state index in [1.807, 2.05) is 24.3 Å². The van der Waals surface area contributed by atoms with E-state index in [4.69, 9.17) is 17.4 Å². The lowest BCUT2D eigenvalue weighted by atomic mass is 10.1. The van der Waals surface area contributed by atoms with Crippen molar-refractivity contribution in [2.45, 2.75) is 6.17 Å². The van der Waals surface area contributed by atoms with Gasteiger partial charge in [0.1, 0.15) is 10.8 Å². The van der Waals surface area contributed by atoms with E-state index >= 15 is 0 Å². The number of nitrogens with zero attached hydrogens (tertiary/aromatic N) is 2. The Hall–Kier alpha value is -0.800. The average Bonchev–Trinajstić information content (AvgIpc) is 2.71. The Balaban J connectivity index is 2.34. The summed E-state index contributed by atoms with van der Waals surface area (Å²) in [6.07, 6.45) is 1.36. The maximum atomic E-state index is 6.29. The average molecular weight is 417 g/mol. The van der Waals surface area contributed by atoms with Gasteiger partial charge in [0.2, 0.25) is 0 Å². The van der Waals surface area contributed by atoms with E-state index < -0.39 is 0 Å². The first kappa shape index (κ1) is 14.2. The van der Waals surface area contributed by atoms with E-state index in [2.05, 4.69) is 44.1 Å². The Morgan fingerprint density at radius 2 is 2.15 bits per heavy atom. The normalized spacial score (nSPS) is 17.6. The lowest BCUT2D eigenvalue weighted by Gasteiger charge is -2.04. The molecule has 1 aliphatic heterocycles. The number of aliphatic imine (C=N–C) groups is 1. The second kappa shape index (κ2) is 5.90. The second-order valence-electron chi connectivity index (χ2n) is 4.12. The minimum absolute atomic E-state index is 0.330. The van der Waals surface area contributed by atoms with Gasteiger partial charge < -0.3 is 0 Å². The molecule has 0 fully saturated rings. The Morgan fingerprint density at radius 3 is 2.90 bits per heavy atom. The molecule has 0 aliphatic carbocycles. The van der Waals surface area contributed by atoms with Crippen LogP contribution in [0.3, 0.4) is 0 Å². The van der Waals surface area contributed by atoms with Gasteiger partial charge in [0.25, 0.3) is 0 Å². The van der Waals surface area contributed by atoms with Crippen LogP contribution in [-0.2, 0) is 0 Å². The van der Waals surface area contributed by atoms with Gasteiger partial charge in [0, 0.05) is 22.0 Å². The molecule has 0 bridgehead atoms. The molecule has 0 saturated heterocycles. The zero-order chi connectivity index (χ0) is 14.1. The highest BCUT2D eigenvalue weighted by atomic mass is 127. The molecule has 4 nitrogen and oxygen atoms in total. The summed E-state index contributed by atoms with van der Waals surface area (Å²) in [6, 6.07) is 9.73. The number of rotatable bonds is 2. The van der Waals surface area contributed by atoms with Crippen LogP contribution >= 0.6 is 45.5 Å². The van der Waals surface area contributed by atoms with Crippen LogP contribution in [0.1, 0.15) is 5.56 Å². The van der Waals surface area contributed by atoms with Crippen molar-refractivity contribution in [1.29, 1.82) is 0 Å². The topological polar surface area (TPSA) is 62.8 Å². The van der Waals surface area contributed by atoms with Crippen molar-refractivity contribution in [1.82, 2.24) is 5.43 Å². The standard InChI is InChI=1S/C13H10ClIN4S/c14-9-4-2-1-3-7(9)12-8-5-10(15)20-13(8)18-11(19-16)6-17-12/h1-6,11,19H,16H2. The largest absolute Gasteiger partial charge is 0.269 e. The number of thiophene rings is 1. The summed E-state index contributed by atoms with van der Waals surface area (Å²) in [7, 11) is 0. The number of halogens is 2. The molecule has 0 radical (unpaired) electrons.